The zero-order valence-corrected chi connectivity index (χ0v) is 15.0. The first kappa shape index (κ1) is 17.7. The van der Waals surface area contributed by atoms with Crippen molar-refractivity contribution in [2.45, 2.75) is 4.90 Å². The molecule has 3 aromatic rings. The van der Waals surface area contributed by atoms with Gasteiger partial charge >= 0.3 is 0 Å². The van der Waals surface area contributed by atoms with E-state index >= 15 is 0 Å². The zero-order chi connectivity index (χ0) is 18.4. The van der Waals surface area contributed by atoms with E-state index in [0.717, 1.165) is 5.69 Å². The Morgan fingerprint density at radius 1 is 1.00 bits per heavy atom. The van der Waals surface area contributed by atoms with Gasteiger partial charge in [0.15, 0.2) is 17.5 Å². The molecule has 2 aromatic heterocycles. The zero-order valence-electron chi connectivity index (χ0n) is 13.3. The van der Waals surface area contributed by atoms with Crippen LogP contribution in [0.25, 0.3) is 4.72 Å². The highest BCUT2D eigenvalue weighted by Gasteiger charge is 2.12. The van der Waals surface area contributed by atoms with Gasteiger partial charge in [0.25, 0.3) is 0 Å². The molecule has 10 heteroatoms. The van der Waals surface area contributed by atoms with Crippen molar-refractivity contribution < 1.29 is 13.4 Å². The Labute approximate surface area is 155 Å². The van der Waals surface area contributed by atoms with Crippen LogP contribution in [0.4, 0.5) is 17.3 Å². The van der Waals surface area contributed by atoms with Crippen molar-refractivity contribution in [3.63, 3.8) is 0 Å². The van der Waals surface area contributed by atoms with Gasteiger partial charge < -0.3 is 20.6 Å². The molecular formula is C16H14N6O2S2. The largest absolute Gasteiger partial charge is 0.366 e. The van der Waals surface area contributed by atoms with Crippen LogP contribution in [0.3, 0.4) is 0 Å². The van der Waals surface area contributed by atoms with E-state index in [0.29, 0.717) is 10.8 Å². The first-order chi connectivity index (χ1) is 12.5. The van der Waals surface area contributed by atoms with Crippen molar-refractivity contribution in [1.82, 2.24) is 9.97 Å². The average molecular weight is 386 g/mol. The summed E-state index contributed by atoms with van der Waals surface area (Å²) in [4.78, 5) is 10.5. The van der Waals surface area contributed by atoms with Crippen LogP contribution < -0.4 is 15.6 Å². The maximum Gasteiger partial charge on any atom is 0.229 e. The quantitative estimate of drug-likeness (QED) is 0.648. The Balaban J connectivity index is 1.65. The molecule has 8 nitrogen and oxygen atoms in total. The first-order valence-corrected chi connectivity index (χ1v) is 9.27. The van der Waals surface area contributed by atoms with Crippen LogP contribution in [0.15, 0.2) is 72.1 Å². The molecule has 2 heterocycles. The van der Waals surface area contributed by atoms with Crippen molar-refractivity contribution in [2.24, 2.45) is 0 Å². The van der Waals surface area contributed by atoms with Crippen LogP contribution in [-0.4, -0.2) is 23.5 Å². The third-order valence-electron chi connectivity index (χ3n) is 3.13. The van der Waals surface area contributed by atoms with Gasteiger partial charge in [0.05, 0.1) is 4.90 Å². The molecule has 26 heavy (non-hydrogen) atoms. The third-order valence-corrected chi connectivity index (χ3v) is 4.60. The van der Waals surface area contributed by atoms with E-state index in [2.05, 4.69) is 30.3 Å². The SMILES string of the molecule is O=S(=O)([N-]c1ncccn1)c1ccc(NC(=S)Nc2ccc[nH+]c2)cc1. The Kier molecular flexibility index (Phi) is 5.34. The maximum atomic E-state index is 12.3. The number of sulfonamides is 1. The second kappa shape index (κ2) is 7.85. The second-order valence-electron chi connectivity index (χ2n) is 5.01. The molecule has 0 saturated heterocycles. The van der Waals surface area contributed by atoms with Crippen molar-refractivity contribution in [2.75, 3.05) is 10.6 Å². The molecular weight excluding hydrogens is 372 g/mol. The van der Waals surface area contributed by atoms with Crippen LogP contribution in [0, 0.1) is 0 Å². The number of aromatic nitrogens is 3. The number of hydrogen-bond acceptors (Lipinski definition) is 5. The van der Waals surface area contributed by atoms with E-state index in [1.807, 2.05) is 12.1 Å². The molecule has 0 unspecified atom stereocenters. The van der Waals surface area contributed by atoms with Crippen LogP contribution in [-0.2, 0) is 10.0 Å². The van der Waals surface area contributed by atoms with Crippen LogP contribution >= 0.6 is 12.2 Å². The minimum atomic E-state index is -3.89. The van der Waals surface area contributed by atoms with Crippen LogP contribution in [0.2, 0.25) is 0 Å². The number of benzene rings is 1. The Morgan fingerprint density at radius 3 is 2.35 bits per heavy atom. The lowest BCUT2D eigenvalue weighted by molar-refractivity contribution is -0.377. The van der Waals surface area contributed by atoms with Gasteiger partial charge in [0.1, 0.15) is 5.69 Å². The lowest BCUT2D eigenvalue weighted by Crippen LogP contribution is -2.20. The predicted molar refractivity (Wildman–Crippen MR) is 102 cm³/mol. The van der Waals surface area contributed by atoms with Crippen molar-refractivity contribution in [3.8, 4) is 0 Å². The predicted octanol–water partition coefficient (Wildman–Crippen LogP) is 2.49. The molecule has 0 aliphatic rings. The fourth-order valence-corrected chi connectivity index (χ4v) is 3.10. The van der Waals surface area contributed by atoms with Crippen molar-refractivity contribution in [1.29, 1.82) is 0 Å². The normalized spacial score (nSPS) is 10.8. The standard InChI is InChI=1S/C16H14N6O2S2/c23-26(24,22-15-18-9-2-10-19-15)14-6-4-12(5-7-14)20-16(25)21-13-3-1-8-17-11-13/h1-11H,(H3,18,19,20,21,22,25). The van der Waals surface area contributed by atoms with Gasteiger partial charge in [-0.2, -0.15) is 0 Å². The van der Waals surface area contributed by atoms with Gasteiger partial charge in [-0.3, -0.25) is 4.72 Å². The molecule has 132 valence electrons. The Bertz CT molecular complexity index is 980. The number of H-pyrrole nitrogens is 1. The number of anilines is 2. The lowest BCUT2D eigenvalue weighted by Gasteiger charge is -2.13. The molecule has 0 amide bonds. The van der Waals surface area contributed by atoms with Crippen LogP contribution in [0.5, 0.6) is 0 Å². The summed E-state index contributed by atoms with van der Waals surface area (Å²) >= 11 is 5.22. The highest BCUT2D eigenvalue weighted by Crippen LogP contribution is 2.24. The van der Waals surface area contributed by atoms with E-state index in [9.17, 15) is 8.42 Å². The number of thiocarbonyl (C=S) groups is 1. The smallest absolute Gasteiger partial charge is 0.229 e. The highest BCUT2D eigenvalue weighted by molar-refractivity contribution is 7.94. The molecule has 0 atom stereocenters. The fraction of sp³-hybridized carbons (Fsp3) is 0. The summed E-state index contributed by atoms with van der Waals surface area (Å²) in [5.41, 5.74) is 1.43. The van der Waals surface area contributed by atoms with E-state index < -0.39 is 10.0 Å². The number of pyridine rings is 1. The minimum absolute atomic E-state index is 0.0343. The number of rotatable bonds is 5. The van der Waals surface area contributed by atoms with E-state index in [1.165, 1.54) is 24.5 Å². The van der Waals surface area contributed by atoms with Gasteiger partial charge in [0.2, 0.25) is 10.0 Å². The summed E-state index contributed by atoms with van der Waals surface area (Å²) in [6, 6.07) is 11.3. The maximum absolute atomic E-state index is 12.3. The summed E-state index contributed by atoms with van der Waals surface area (Å²) in [5.74, 6) is -0.111. The Morgan fingerprint density at radius 2 is 1.69 bits per heavy atom. The van der Waals surface area contributed by atoms with Crippen LogP contribution in [0.1, 0.15) is 0 Å². The minimum Gasteiger partial charge on any atom is -0.366 e. The first-order valence-electron chi connectivity index (χ1n) is 7.42. The second-order valence-corrected chi connectivity index (χ2v) is 7.02. The van der Waals surface area contributed by atoms with Gasteiger partial charge in [0, 0.05) is 17.7 Å². The molecule has 0 fully saturated rings. The molecule has 0 spiro atoms. The summed E-state index contributed by atoms with van der Waals surface area (Å²) in [6.45, 7) is 0. The summed E-state index contributed by atoms with van der Waals surface area (Å²) in [7, 11) is -3.89. The molecule has 0 aliphatic heterocycles. The van der Waals surface area contributed by atoms with Gasteiger partial charge in [-0.25, -0.2) is 13.4 Å². The topological polar surface area (TPSA) is 112 Å². The number of aromatic amines is 1. The molecule has 0 bridgehead atoms. The number of nitrogens with zero attached hydrogens (tertiary/aromatic N) is 3. The molecule has 3 rings (SSSR count). The molecule has 0 aliphatic carbocycles. The molecule has 0 radical (unpaired) electrons. The monoisotopic (exact) mass is 386 g/mol. The lowest BCUT2D eigenvalue weighted by atomic mass is 10.3. The average Bonchev–Trinajstić information content (AvgIpc) is 2.63. The van der Waals surface area contributed by atoms with Crippen molar-refractivity contribution >= 4 is 44.7 Å². The van der Waals surface area contributed by atoms with E-state index in [1.54, 1.807) is 30.6 Å². The van der Waals surface area contributed by atoms with Gasteiger partial charge in [-0.1, -0.05) is 6.07 Å². The summed E-state index contributed by atoms with van der Waals surface area (Å²) in [5, 5.41) is 6.36. The van der Waals surface area contributed by atoms with E-state index in [4.69, 9.17) is 12.2 Å². The fourth-order valence-electron chi connectivity index (χ4n) is 1.97. The summed E-state index contributed by atoms with van der Waals surface area (Å²) < 4.78 is 28.1. The molecule has 3 N–H and O–H groups in total. The molecule has 1 aromatic carbocycles. The number of hydrogen-bond donors (Lipinski definition) is 2. The number of nitrogens with one attached hydrogen (secondary N) is 3. The van der Waals surface area contributed by atoms with Gasteiger partial charge in [-0.15, -0.1) is 0 Å². The third kappa shape index (κ3) is 4.71. The van der Waals surface area contributed by atoms with Gasteiger partial charge in [-0.05, 0) is 54.9 Å². The Hall–Kier alpha value is -3.11. The summed E-state index contributed by atoms with van der Waals surface area (Å²) in [6.07, 6.45) is 6.39. The van der Waals surface area contributed by atoms with Crippen molar-refractivity contribution in [3.05, 3.63) is 72.0 Å². The van der Waals surface area contributed by atoms with E-state index in [-0.39, 0.29) is 10.8 Å². The highest BCUT2D eigenvalue weighted by atomic mass is 32.2. The molecule has 0 saturated carbocycles.